The van der Waals surface area contributed by atoms with Crippen molar-refractivity contribution in [1.29, 1.82) is 5.26 Å². The predicted octanol–water partition coefficient (Wildman–Crippen LogP) is 2.98. The minimum atomic E-state index is -0.0112. The summed E-state index contributed by atoms with van der Waals surface area (Å²) in [5.41, 5.74) is 1.28. The second-order valence-electron chi connectivity index (χ2n) is 3.69. The molecule has 1 aromatic rings. The highest BCUT2D eigenvalue weighted by molar-refractivity contribution is 7.99. The lowest BCUT2D eigenvalue weighted by atomic mass is 10.2. The van der Waals surface area contributed by atoms with Crippen molar-refractivity contribution in [3.63, 3.8) is 0 Å². The quantitative estimate of drug-likeness (QED) is 0.769. The van der Waals surface area contributed by atoms with E-state index in [4.69, 9.17) is 5.26 Å². The number of hydrogen-bond acceptors (Lipinski definition) is 3. The molecule has 0 aliphatic rings. The normalized spacial score (nSPS) is 12.1. The SMILES string of the molecule is CCNC(C#N)CCSc1ccc(C)cc1. The van der Waals surface area contributed by atoms with E-state index in [1.54, 1.807) is 0 Å². The van der Waals surface area contributed by atoms with Gasteiger partial charge in [-0.3, -0.25) is 0 Å². The summed E-state index contributed by atoms with van der Waals surface area (Å²) in [6.07, 6.45) is 0.892. The van der Waals surface area contributed by atoms with Crippen LogP contribution in [0, 0.1) is 18.3 Å². The van der Waals surface area contributed by atoms with Gasteiger partial charge in [-0.1, -0.05) is 24.6 Å². The van der Waals surface area contributed by atoms with E-state index in [1.807, 2.05) is 18.7 Å². The van der Waals surface area contributed by atoms with Crippen LogP contribution in [0.15, 0.2) is 29.2 Å². The van der Waals surface area contributed by atoms with Crippen LogP contribution in [0.3, 0.4) is 0 Å². The molecule has 1 aromatic carbocycles. The van der Waals surface area contributed by atoms with Crippen molar-refractivity contribution < 1.29 is 0 Å². The van der Waals surface area contributed by atoms with Crippen LogP contribution in [0.5, 0.6) is 0 Å². The third-order valence-electron chi connectivity index (χ3n) is 2.30. The van der Waals surface area contributed by atoms with Gasteiger partial charge in [0.1, 0.15) is 0 Å². The van der Waals surface area contributed by atoms with Crippen molar-refractivity contribution in [3.8, 4) is 6.07 Å². The summed E-state index contributed by atoms with van der Waals surface area (Å²) >= 11 is 1.81. The third kappa shape index (κ3) is 4.69. The van der Waals surface area contributed by atoms with Gasteiger partial charge in [-0.05, 0) is 32.0 Å². The topological polar surface area (TPSA) is 35.8 Å². The molecule has 0 aromatic heterocycles. The van der Waals surface area contributed by atoms with E-state index >= 15 is 0 Å². The van der Waals surface area contributed by atoms with E-state index in [1.165, 1.54) is 10.5 Å². The fourth-order valence-electron chi connectivity index (χ4n) is 1.39. The molecule has 0 heterocycles. The fourth-order valence-corrected chi connectivity index (χ4v) is 2.31. The minimum Gasteiger partial charge on any atom is -0.302 e. The molecule has 1 unspecified atom stereocenters. The van der Waals surface area contributed by atoms with Crippen LogP contribution in [0.2, 0.25) is 0 Å². The maximum Gasteiger partial charge on any atom is 0.0960 e. The summed E-state index contributed by atoms with van der Waals surface area (Å²) in [6.45, 7) is 4.97. The van der Waals surface area contributed by atoms with Gasteiger partial charge in [0.2, 0.25) is 0 Å². The molecule has 0 aliphatic carbocycles. The second kappa shape index (κ2) is 7.32. The molecular formula is C13H18N2S. The van der Waals surface area contributed by atoms with E-state index < -0.39 is 0 Å². The van der Waals surface area contributed by atoms with Gasteiger partial charge >= 0.3 is 0 Å². The molecular weight excluding hydrogens is 216 g/mol. The first-order valence-corrected chi connectivity index (χ1v) is 6.57. The van der Waals surface area contributed by atoms with Crippen LogP contribution in [0.1, 0.15) is 18.9 Å². The van der Waals surface area contributed by atoms with E-state index in [2.05, 4.69) is 42.6 Å². The monoisotopic (exact) mass is 234 g/mol. The Bertz CT molecular complexity index is 340. The molecule has 0 spiro atoms. The zero-order valence-corrected chi connectivity index (χ0v) is 10.7. The van der Waals surface area contributed by atoms with Gasteiger partial charge in [0, 0.05) is 10.6 Å². The molecule has 1 atom stereocenters. The van der Waals surface area contributed by atoms with Crippen molar-refractivity contribution in [2.24, 2.45) is 0 Å². The number of hydrogen-bond donors (Lipinski definition) is 1. The summed E-state index contributed by atoms with van der Waals surface area (Å²) in [5.74, 6) is 0.980. The zero-order valence-electron chi connectivity index (χ0n) is 9.86. The van der Waals surface area contributed by atoms with Crippen molar-refractivity contribution in [3.05, 3.63) is 29.8 Å². The van der Waals surface area contributed by atoms with Crippen molar-refractivity contribution >= 4 is 11.8 Å². The zero-order chi connectivity index (χ0) is 11.8. The first kappa shape index (κ1) is 13.1. The number of rotatable bonds is 6. The number of aryl methyl sites for hydroxylation is 1. The smallest absolute Gasteiger partial charge is 0.0960 e. The Balaban J connectivity index is 2.30. The number of thioether (sulfide) groups is 1. The minimum absolute atomic E-state index is 0.0112. The summed E-state index contributed by atoms with van der Waals surface area (Å²) in [4.78, 5) is 1.28. The molecule has 1 rings (SSSR count). The highest BCUT2D eigenvalue weighted by Crippen LogP contribution is 2.19. The second-order valence-corrected chi connectivity index (χ2v) is 4.86. The van der Waals surface area contributed by atoms with Gasteiger partial charge in [-0.2, -0.15) is 5.26 Å². The molecule has 1 N–H and O–H groups in total. The number of nitrogens with zero attached hydrogens (tertiary/aromatic N) is 1. The summed E-state index contributed by atoms with van der Waals surface area (Å²) < 4.78 is 0. The maximum atomic E-state index is 8.87. The summed E-state index contributed by atoms with van der Waals surface area (Å²) in [6, 6.07) is 10.8. The number of nitriles is 1. The molecule has 0 saturated carbocycles. The van der Waals surface area contributed by atoms with Crippen LogP contribution >= 0.6 is 11.8 Å². The lowest BCUT2D eigenvalue weighted by molar-refractivity contribution is 0.613. The molecule has 2 nitrogen and oxygen atoms in total. The van der Waals surface area contributed by atoms with Crippen LogP contribution in [-0.2, 0) is 0 Å². The highest BCUT2D eigenvalue weighted by atomic mass is 32.2. The number of nitrogens with one attached hydrogen (secondary N) is 1. The Morgan fingerprint density at radius 1 is 1.38 bits per heavy atom. The first-order chi connectivity index (χ1) is 7.76. The molecule has 3 heteroatoms. The van der Waals surface area contributed by atoms with Crippen LogP contribution in [0.25, 0.3) is 0 Å². The lowest BCUT2D eigenvalue weighted by Gasteiger charge is -2.08. The van der Waals surface area contributed by atoms with Gasteiger partial charge in [-0.15, -0.1) is 11.8 Å². The number of benzene rings is 1. The predicted molar refractivity (Wildman–Crippen MR) is 69.6 cm³/mol. The van der Waals surface area contributed by atoms with E-state index in [0.29, 0.717) is 0 Å². The van der Waals surface area contributed by atoms with Gasteiger partial charge in [0.05, 0.1) is 12.1 Å². The maximum absolute atomic E-state index is 8.87. The van der Waals surface area contributed by atoms with Gasteiger partial charge in [0.15, 0.2) is 0 Å². The molecule has 0 amide bonds. The van der Waals surface area contributed by atoms with Crippen LogP contribution in [0.4, 0.5) is 0 Å². The molecule has 86 valence electrons. The van der Waals surface area contributed by atoms with Gasteiger partial charge in [-0.25, -0.2) is 0 Å². The molecule has 0 radical (unpaired) electrons. The molecule has 0 saturated heterocycles. The van der Waals surface area contributed by atoms with Crippen molar-refractivity contribution in [1.82, 2.24) is 5.32 Å². The third-order valence-corrected chi connectivity index (χ3v) is 3.35. The Kier molecular flexibility index (Phi) is 5.99. The summed E-state index contributed by atoms with van der Waals surface area (Å²) in [7, 11) is 0. The Hall–Kier alpha value is -0.980. The Morgan fingerprint density at radius 2 is 2.06 bits per heavy atom. The fraction of sp³-hybridized carbons (Fsp3) is 0.462. The van der Waals surface area contributed by atoms with Gasteiger partial charge < -0.3 is 5.32 Å². The van der Waals surface area contributed by atoms with Crippen molar-refractivity contribution in [2.75, 3.05) is 12.3 Å². The average Bonchev–Trinajstić information content (AvgIpc) is 2.30. The van der Waals surface area contributed by atoms with Crippen LogP contribution < -0.4 is 5.32 Å². The first-order valence-electron chi connectivity index (χ1n) is 5.58. The highest BCUT2D eigenvalue weighted by Gasteiger charge is 2.04. The molecule has 16 heavy (non-hydrogen) atoms. The Labute approximate surface area is 102 Å². The molecule has 0 aliphatic heterocycles. The van der Waals surface area contributed by atoms with Crippen molar-refractivity contribution in [2.45, 2.75) is 31.2 Å². The standard InChI is InChI=1S/C13H18N2S/c1-3-15-12(10-14)8-9-16-13-6-4-11(2)5-7-13/h4-7,12,15H,3,8-9H2,1-2H3. The molecule has 0 bridgehead atoms. The van der Waals surface area contributed by atoms with E-state index in [0.717, 1.165) is 18.7 Å². The van der Waals surface area contributed by atoms with Gasteiger partial charge in [0.25, 0.3) is 0 Å². The lowest BCUT2D eigenvalue weighted by Crippen LogP contribution is -2.27. The summed E-state index contributed by atoms with van der Waals surface area (Å²) in [5, 5.41) is 12.0. The van der Waals surface area contributed by atoms with E-state index in [-0.39, 0.29) is 6.04 Å². The average molecular weight is 234 g/mol. The Morgan fingerprint density at radius 3 is 2.62 bits per heavy atom. The molecule has 0 fully saturated rings. The van der Waals surface area contributed by atoms with E-state index in [9.17, 15) is 0 Å². The largest absolute Gasteiger partial charge is 0.302 e. The van der Waals surface area contributed by atoms with Crippen LogP contribution in [-0.4, -0.2) is 18.3 Å².